The Morgan fingerprint density at radius 2 is 1.93 bits per heavy atom. The zero-order valence-electron chi connectivity index (χ0n) is 16.6. The van der Waals surface area contributed by atoms with Crippen molar-refractivity contribution in [1.82, 2.24) is 9.38 Å². The number of methoxy groups -OCH3 is 1. The van der Waals surface area contributed by atoms with Crippen LogP contribution in [0.3, 0.4) is 0 Å². The minimum atomic E-state index is -0.195. The zero-order valence-corrected chi connectivity index (χ0v) is 16.6. The molecule has 0 aliphatic heterocycles. The van der Waals surface area contributed by atoms with Gasteiger partial charge in [0.2, 0.25) is 0 Å². The Labute approximate surface area is 169 Å². The van der Waals surface area contributed by atoms with Crippen LogP contribution in [-0.4, -0.2) is 36.5 Å². The molecular weight excluding hydrogens is 364 g/mol. The van der Waals surface area contributed by atoms with Crippen molar-refractivity contribution in [1.29, 1.82) is 0 Å². The summed E-state index contributed by atoms with van der Waals surface area (Å²) < 4.78 is 7.41. The van der Waals surface area contributed by atoms with Crippen molar-refractivity contribution in [2.24, 2.45) is 0 Å². The van der Waals surface area contributed by atoms with Crippen molar-refractivity contribution < 1.29 is 9.53 Å². The van der Waals surface area contributed by atoms with E-state index in [2.05, 4.69) is 10.3 Å². The number of hydrogen-bond acceptors (Lipinski definition) is 4. The van der Waals surface area contributed by atoms with Crippen molar-refractivity contribution in [3.63, 3.8) is 0 Å². The first-order chi connectivity index (χ1) is 14.0. The molecule has 0 radical (unpaired) electrons. The number of carbonyl (C=O) groups is 1. The van der Waals surface area contributed by atoms with Gasteiger partial charge in [0, 0.05) is 43.3 Å². The molecule has 1 amide bonds. The van der Waals surface area contributed by atoms with Crippen molar-refractivity contribution in [2.75, 3.05) is 31.4 Å². The Kier molecular flexibility index (Phi) is 4.91. The lowest BCUT2D eigenvalue weighted by atomic mass is 10.1. The van der Waals surface area contributed by atoms with Crippen LogP contribution in [0.25, 0.3) is 16.9 Å². The number of pyridine rings is 1. The van der Waals surface area contributed by atoms with E-state index in [9.17, 15) is 4.79 Å². The lowest BCUT2D eigenvalue weighted by Gasteiger charge is -2.14. The first-order valence-corrected chi connectivity index (χ1v) is 9.26. The molecule has 1 N–H and O–H groups in total. The number of carbonyl (C=O) groups excluding carboxylic acids is 1. The average Bonchev–Trinajstić information content (AvgIpc) is 3.18. The van der Waals surface area contributed by atoms with Gasteiger partial charge in [0.05, 0.1) is 18.5 Å². The van der Waals surface area contributed by atoms with Gasteiger partial charge < -0.3 is 19.4 Å². The largest absolute Gasteiger partial charge is 0.495 e. The number of nitrogens with zero attached hydrogens (tertiary/aromatic N) is 3. The summed E-state index contributed by atoms with van der Waals surface area (Å²) in [5.41, 5.74) is 4.72. The molecule has 0 bridgehead atoms. The highest BCUT2D eigenvalue weighted by atomic mass is 16.5. The van der Waals surface area contributed by atoms with E-state index in [1.165, 1.54) is 0 Å². The number of benzene rings is 2. The Hall–Kier alpha value is -3.80. The molecular formula is C23H22N4O2. The number of imidazole rings is 1. The Morgan fingerprint density at radius 1 is 1.07 bits per heavy atom. The molecule has 2 heterocycles. The maximum Gasteiger partial charge on any atom is 0.255 e. The fourth-order valence-electron chi connectivity index (χ4n) is 3.16. The predicted octanol–water partition coefficient (Wildman–Crippen LogP) is 4.33. The Morgan fingerprint density at radius 3 is 2.69 bits per heavy atom. The lowest BCUT2D eigenvalue weighted by molar-refractivity contribution is 0.102. The summed E-state index contributed by atoms with van der Waals surface area (Å²) in [5.74, 6) is 0.397. The third kappa shape index (κ3) is 3.78. The molecule has 0 saturated heterocycles. The summed E-state index contributed by atoms with van der Waals surface area (Å²) in [6, 6.07) is 19.0. The molecule has 2 aromatic carbocycles. The molecule has 6 heteroatoms. The number of rotatable bonds is 5. The van der Waals surface area contributed by atoms with Gasteiger partial charge in [-0.15, -0.1) is 0 Å². The Bertz CT molecular complexity index is 1150. The van der Waals surface area contributed by atoms with Gasteiger partial charge in [-0.3, -0.25) is 4.79 Å². The second kappa shape index (κ2) is 7.67. The Balaban J connectivity index is 1.66. The number of hydrogen-bond donors (Lipinski definition) is 1. The van der Waals surface area contributed by atoms with Crippen molar-refractivity contribution in [3.8, 4) is 17.0 Å². The SMILES string of the molecule is COc1ccc(-c2cn3ccccc3n2)cc1NC(=O)c1cccc(N(C)C)c1. The van der Waals surface area contributed by atoms with Crippen LogP contribution in [-0.2, 0) is 0 Å². The van der Waals surface area contributed by atoms with Crippen LogP contribution in [0.1, 0.15) is 10.4 Å². The molecule has 146 valence electrons. The molecule has 0 unspecified atom stereocenters. The smallest absolute Gasteiger partial charge is 0.255 e. The van der Waals surface area contributed by atoms with Crippen LogP contribution in [0.2, 0.25) is 0 Å². The molecule has 0 atom stereocenters. The number of ether oxygens (including phenoxy) is 1. The monoisotopic (exact) mass is 386 g/mol. The lowest BCUT2D eigenvalue weighted by Crippen LogP contribution is -2.14. The molecule has 2 aromatic heterocycles. The van der Waals surface area contributed by atoms with Gasteiger partial charge in [0.25, 0.3) is 5.91 Å². The van der Waals surface area contributed by atoms with Gasteiger partial charge >= 0.3 is 0 Å². The fourth-order valence-corrected chi connectivity index (χ4v) is 3.16. The standard InChI is InChI=1S/C23H22N4O2/c1-26(2)18-8-6-7-17(13-18)23(28)25-19-14-16(10-11-21(19)29-3)20-15-27-12-5-4-9-22(27)24-20/h4-15H,1-3H3,(H,25,28). The molecule has 0 aliphatic carbocycles. The van der Waals surface area contributed by atoms with Crippen LogP contribution in [0, 0.1) is 0 Å². The van der Waals surface area contributed by atoms with E-state index in [4.69, 9.17) is 4.74 Å². The third-order valence-electron chi connectivity index (χ3n) is 4.73. The van der Waals surface area contributed by atoms with Gasteiger partial charge in [0.1, 0.15) is 11.4 Å². The minimum absolute atomic E-state index is 0.195. The molecule has 29 heavy (non-hydrogen) atoms. The molecule has 0 aliphatic rings. The van der Waals surface area contributed by atoms with E-state index in [0.29, 0.717) is 17.0 Å². The van der Waals surface area contributed by atoms with Crippen LogP contribution in [0.15, 0.2) is 73.1 Å². The fraction of sp³-hybridized carbons (Fsp3) is 0.130. The number of aromatic nitrogens is 2. The van der Waals surface area contributed by atoms with Crippen LogP contribution < -0.4 is 15.0 Å². The van der Waals surface area contributed by atoms with E-state index < -0.39 is 0 Å². The number of anilines is 2. The highest BCUT2D eigenvalue weighted by Crippen LogP contribution is 2.31. The quantitative estimate of drug-likeness (QED) is 0.555. The van der Waals surface area contributed by atoms with Crippen molar-refractivity contribution >= 4 is 22.9 Å². The maximum absolute atomic E-state index is 12.8. The summed E-state index contributed by atoms with van der Waals surface area (Å²) in [6.07, 6.45) is 3.92. The molecule has 6 nitrogen and oxygen atoms in total. The molecule has 4 rings (SSSR count). The first kappa shape index (κ1) is 18.6. The summed E-state index contributed by atoms with van der Waals surface area (Å²) in [4.78, 5) is 19.5. The third-order valence-corrected chi connectivity index (χ3v) is 4.73. The number of nitrogens with one attached hydrogen (secondary N) is 1. The van der Waals surface area contributed by atoms with Gasteiger partial charge in [0.15, 0.2) is 0 Å². The second-order valence-electron chi connectivity index (χ2n) is 6.91. The van der Waals surface area contributed by atoms with E-state index >= 15 is 0 Å². The molecule has 0 spiro atoms. The van der Waals surface area contributed by atoms with E-state index in [1.54, 1.807) is 13.2 Å². The van der Waals surface area contributed by atoms with Crippen LogP contribution in [0.5, 0.6) is 5.75 Å². The van der Waals surface area contributed by atoms with Gasteiger partial charge in [-0.05, 0) is 48.5 Å². The highest BCUT2D eigenvalue weighted by molar-refractivity contribution is 6.05. The average molecular weight is 386 g/mol. The predicted molar refractivity (Wildman–Crippen MR) is 116 cm³/mol. The molecule has 4 aromatic rings. The van der Waals surface area contributed by atoms with Crippen LogP contribution >= 0.6 is 0 Å². The second-order valence-corrected chi connectivity index (χ2v) is 6.91. The zero-order chi connectivity index (χ0) is 20.4. The summed E-state index contributed by atoms with van der Waals surface area (Å²) in [5, 5.41) is 2.97. The topological polar surface area (TPSA) is 58.9 Å². The van der Waals surface area contributed by atoms with E-state index in [0.717, 1.165) is 22.6 Å². The van der Waals surface area contributed by atoms with E-state index in [-0.39, 0.29) is 5.91 Å². The summed E-state index contributed by atoms with van der Waals surface area (Å²) >= 11 is 0. The summed E-state index contributed by atoms with van der Waals surface area (Å²) in [7, 11) is 5.47. The van der Waals surface area contributed by atoms with E-state index in [1.807, 2.05) is 90.4 Å². The minimum Gasteiger partial charge on any atom is -0.495 e. The highest BCUT2D eigenvalue weighted by Gasteiger charge is 2.13. The molecule has 0 fully saturated rings. The molecule has 0 saturated carbocycles. The van der Waals surface area contributed by atoms with Crippen LogP contribution in [0.4, 0.5) is 11.4 Å². The first-order valence-electron chi connectivity index (χ1n) is 9.26. The van der Waals surface area contributed by atoms with Gasteiger partial charge in [-0.1, -0.05) is 12.1 Å². The normalized spacial score (nSPS) is 10.7. The van der Waals surface area contributed by atoms with Gasteiger partial charge in [-0.25, -0.2) is 4.98 Å². The van der Waals surface area contributed by atoms with Crippen molar-refractivity contribution in [2.45, 2.75) is 0 Å². The van der Waals surface area contributed by atoms with Crippen molar-refractivity contribution in [3.05, 3.63) is 78.6 Å². The number of fused-ring (bicyclic) bond motifs is 1. The maximum atomic E-state index is 12.8. The number of amides is 1. The summed E-state index contributed by atoms with van der Waals surface area (Å²) in [6.45, 7) is 0. The van der Waals surface area contributed by atoms with Gasteiger partial charge in [-0.2, -0.15) is 0 Å².